The van der Waals surface area contributed by atoms with Crippen molar-refractivity contribution < 1.29 is 8.78 Å². The maximum atomic E-state index is 13.6. The molecule has 1 unspecified atom stereocenters. The van der Waals surface area contributed by atoms with E-state index in [-0.39, 0.29) is 11.6 Å². The number of halogens is 2. The highest BCUT2D eigenvalue weighted by Crippen LogP contribution is 2.19. The van der Waals surface area contributed by atoms with Gasteiger partial charge in [-0.2, -0.15) is 0 Å². The topological polar surface area (TPSA) is 29.3 Å². The molecule has 2 N–H and O–H groups in total. The molecular formula is C15H16F2N2. The highest BCUT2D eigenvalue weighted by molar-refractivity contribution is 5.45. The van der Waals surface area contributed by atoms with Crippen molar-refractivity contribution in [2.45, 2.75) is 6.04 Å². The van der Waals surface area contributed by atoms with Crippen LogP contribution < -0.4 is 10.6 Å². The maximum absolute atomic E-state index is 13.6. The van der Waals surface area contributed by atoms with Crippen LogP contribution in [0.5, 0.6) is 0 Å². The fourth-order valence-corrected chi connectivity index (χ4v) is 1.97. The van der Waals surface area contributed by atoms with Gasteiger partial charge < -0.3 is 10.6 Å². The quantitative estimate of drug-likeness (QED) is 0.917. The molecule has 0 amide bonds. The van der Waals surface area contributed by atoms with Crippen LogP contribution >= 0.6 is 0 Å². The van der Waals surface area contributed by atoms with E-state index in [1.807, 2.05) is 11.9 Å². The highest BCUT2D eigenvalue weighted by atomic mass is 19.1. The molecule has 100 valence electrons. The largest absolute Gasteiger partial charge is 0.373 e. The molecule has 0 saturated carbocycles. The summed E-state index contributed by atoms with van der Waals surface area (Å²) in [6.45, 7) is 0.451. The average molecular weight is 262 g/mol. The van der Waals surface area contributed by atoms with E-state index >= 15 is 0 Å². The molecule has 19 heavy (non-hydrogen) atoms. The Morgan fingerprint density at radius 2 is 1.68 bits per heavy atom. The first-order chi connectivity index (χ1) is 9.08. The first-order valence-corrected chi connectivity index (χ1v) is 6.04. The summed E-state index contributed by atoms with van der Waals surface area (Å²) in [6, 6.07) is 12.2. The Morgan fingerprint density at radius 3 is 2.32 bits per heavy atom. The lowest BCUT2D eigenvalue weighted by Crippen LogP contribution is -2.29. The number of anilines is 1. The number of hydrogen-bond acceptors (Lipinski definition) is 2. The number of nitrogens with two attached hydrogens (primary N) is 1. The van der Waals surface area contributed by atoms with Crippen molar-refractivity contribution in [3.63, 3.8) is 0 Å². The van der Waals surface area contributed by atoms with E-state index in [4.69, 9.17) is 5.73 Å². The highest BCUT2D eigenvalue weighted by Gasteiger charge is 2.13. The standard InChI is InChI=1S/C15H16F2N2/c1-19(12-8-6-11(16)7-9-12)10-15(18)13-4-2-3-5-14(13)17/h2-9,15H,10,18H2,1H3. The fraction of sp³-hybridized carbons (Fsp3) is 0.200. The molecule has 2 nitrogen and oxygen atoms in total. The minimum Gasteiger partial charge on any atom is -0.373 e. The first-order valence-electron chi connectivity index (χ1n) is 6.04. The van der Waals surface area contributed by atoms with Crippen molar-refractivity contribution in [3.8, 4) is 0 Å². The molecule has 2 aromatic carbocycles. The number of likely N-dealkylation sites (N-methyl/N-ethyl adjacent to an activating group) is 1. The summed E-state index contributed by atoms with van der Waals surface area (Å²) in [5.74, 6) is -0.585. The summed E-state index contributed by atoms with van der Waals surface area (Å²) in [6.07, 6.45) is 0. The van der Waals surface area contributed by atoms with Gasteiger partial charge in [0.2, 0.25) is 0 Å². The summed E-state index contributed by atoms with van der Waals surface area (Å²) in [5.41, 5.74) is 7.33. The first kappa shape index (κ1) is 13.5. The minimum absolute atomic E-state index is 0.282. The second kappa shape index (κ2) is 5.80. The Labute approximate surface area is 111 Å². The van der Waals surface area contributed by atoms with Gasteiger partial charge in [0.05, 0.1) is 6.04 Å². The van der Waals surface area contributed by atoms with Crippen LogP contribution in [-0.2, 0) is 0 Å². The van der Waals surface area contributed by atoms with Crippen molar-refractivity contribution in [2.24, 2.45) is 5.73 Å². The fourth-order valence-electron chi connectivity index (χ4n) is 1.97. The van der Waals surface area contributed by atoms with Crippen LogP contribution in [0.1, 0.15) is 11.6 Å². The van der Waals surface area contributed by atoms with E-state index in [0.29, 0.717) is 12.1 Å². The minimum atomic E-state index is -0.434. The molecule has 0 aliphatic heterocycles. The molecule has 0 saturated heterocycles. The molecule has 0 spiro atoms. The molecule has 0 heterocycles. The third-order valence-electron chi connectivity index (χ3n) is 3.04. The molecule has 0 aliphatic rings. The van der Waals surface area contributed by atoms with Gasteiger partial charge in [0, 0.05) is 24.8 Å². The van der Waals surface area contributed by atoms with Gasteiger partial charge >= 0.3 is 0 Å². The van der Waals surface area contributed by atoms with Crippen LogP contribution in [0.4, 0.5) is 14.5 Å². The summed E-state index contributed by atoms with van der Waals surface area (Å²) < 4.78 is 26.4. The van der Waals surface area contributed by atoms with E-state index in [9.17, 15) is 8.78 Å². The van der Waals surface area contributed by atoms with Crippen molar-refractivity contribution in [2.75, 3.05) is 18.5 Å². The van der Waals surface area contributed by atoms with Gasteiger partial charge in [-0.1, -0.05) is 18.2 Å². The van der Waals surface area contributed by atoms with Crippen molar-refractivity contribution in [1.82, 2.24) is 0 Å². The number of rotatable bonds is 4. The lowest BCUT2D eigenvalue weighted by atomic mass is 10.1. The lowest BCUT2D eigenvalue weighted by molar-refractivity contribution is 0.579. The Morgan fingerprint density at radius 1 is 1.05 bits per heavy atom. The summed E-state index contributed by atoms with van der Waals surface area (Å²) >= 11 is 0. The van der Waals surface area contributed by atoms with E-state index < -0.39 is 6.04 Å². The third kappa shape index (κ3) is 3.29. The van der Waals surface area contributed by atoms with E-state index in [0.717, 1.165) is 5.69 Å². The molecule has 1 atom stereocenters. The number of nitrogens with zero attached hydrogens (tertiary/aromatic N) is 1. The van der Waals surface area contributed by atoms with Gasteiger partial charge in [0.25, 0.3) is 0 Å². The van der Waals surface area contributed by atoms with Crippen LogP contribution in [0.2, 0.25) is 0 Å². The van der Waals surface area contributed by atoms with Crippen LogP contribution in [0.25, 0.3) is 0 Å². The van der Waals surface area contributed by atoms with Crippen LogP contribution in [0, 0.1) is 11.6 Å². The second-order valence-corrected chi connectivity index (χ2v) is 4.48. The molecule has 2 rings (SSSR count). The zero-order valence-electron chi connectivity index (χ0n) is 10.7. The van der Waals surface area contributed by atoms with Crippen molar-refractivity contribution >= 4 is 5.69 Å². The predicted octanol–water partition coefficient (Wildman–Crippen LogP) is 3.10. The van der Waals surface area contributed by atoms with Crippen LogP contribution in [0.15, 0.2) is 48.5 Å². The Hall–Kier alpha value is -1.94. The SMILES string of the molecule is CN(CC(N)c1ccccc1F)c1ccc(F)cc1. The Kier molecular flexibility index (Phi) is 4.12. The van der Waals surface area contributed by atoms with Crippen LogP contribution in [0.3, 0.4) is 0 Å². The lowest BCUT2D eigenvalue weighted by Gasteiger charge is -2.23. The van der Waals surface area contributed by atoms with Gasteiger partial charge in [-0.15, -0.1) is 0 Å². The number of hydrogen-bond donors (Lipinski definition) is 1. The summed E-state index contributed by atoms with van der Waals surface area (Å²) in [5, 5.41) is 0. The molecule has 0 aliphatic carbocycles. The van der Waals surface area contributed by atoms with Crippen molar-refractivity contribution in [3.05, 3.63) is 65.7 Å². The Bertz CT molecular complexity index is 540. The van der Waals surface area contributed by atoms with E-state index in [1.165, 1.54) is 18.2 Å². The zero-order valence-corrected chi connectivity index (χ0v) is 10.7. The molecule has 0 aromatic heterocycles. The molecular weight excluding hydrogens is 246 g/mol. The van der Waals surface area contributed by atoms with Gasteiger partial charge in [-0.3, -0.25) is 0 Å². The monoisotopic (exact) mass is 262 g/mol. The van der Waals surface area contributed by atoms with Crippen molar-refractivity contribution in [1.29, 1.82) is 0 Å². The smallest absolute Gasteiger partial charge is 0.128 e. The molecule has 0 bridgehead atoms. The van der Waals surface area contributed by atoms with Gasteiger partial charge in [0.15, 0.2) is 0 Å². The van der Waals surface area contributed by atoms with E-state index in [2.05, 4.69) is 0 Å². The van der Waals surface area contributed by atoms with Gasteiger partial charge in [-0.25, -0.2) is 8.78 Å². The third-order valence-corrected chi connectivity index (χ3v) is 3.04. The summed E-state index contributed by atoms with van der Waals surface area (Å²) in [7, 11) is 1.84. The zero-order chi connectivity index (χ0) is 13.8. The maximum Gasteiger partial charge on any atom is 0.128 e. The van der Waals surface area contributed by atoms with Gasteiger partial charge in [-0.05, 0) is 30.3 Å². The van der Waals surface area contributed by atoms with E-state index in [1.54, 1.807) is 30.3 Å². The number of benzene rings is 2. The normalized spacial score (nSPS) is 12.2. The van der Waals surface area contributed by atoms with Gasteiger partial charge in [0.1, 0.15) is 11.6 Å². The molecule has 0 fully saturated rings. The summed E-state index contributed by atoms with van der Waals surface area (Å²) in [4.78, 5) is 1.87. The Balaban J connectivity index is 2.08. The van der Waals surface area contributed by atoms with Crippen LogP contribution in [-0.4, -0.2) is 13.6 Å². The second-order valence-electron chi connectivity index (χ2n) is 4.48. The molecule has 4 heteroatoms. The molecule has 2 aromatic rings. The average Bonchev–Trinajstić information content (AvgIpc) is 2.39. The molecule has 0 radical (unpaired) electrons. The predicted molar refractivity (Wildman–Crippen MR) is 73.0 cm³/mol.